The van der Waals surface area contributed by atoms with Crippen LogP contribution in [-0.2, 0) is 43.4 Å². The van der Waals surface area contributed by atoms with Gasteiger partial charge in [0.25, 0.3) is 0 Å². The predicted octanol–water partition coefficient (Wildman–Crippen LogP) is 4.35. The predicted molar refractivity (Wildman–Crippen MR) is 156 cm³/mol. The Bertz CT molecular complexity index is 1420. The second-order valence-corrected chi connectivity index (χ2v) is 12.4. The van der Waals surface area contributed by atoms with Crippen molar-refractivity contribution in [3.05, 3.63) is 70.2 Å². The van der Waals surface area contributed by atoms with E-state index in [1.54, 1.807) is 36.4 Å². The Balaban J connectivity index is 1.59. The van der Waals surface area contributed by atoms with E-state index >= 15 is 0 Å². The second kappa shape index (κ2) is 14.6. The largest absolute Gasteiger partial charge is 0.450 e. The summed E-state index contributed by atoms with van der Waals surface area (Å²) >= 11 is 1.40. The number of sulfone groups is 1. The summed E-state index contributed by atoms with van der Waals surface area (Å²) in [6.07, 6.45) is 4.11. The molecule has 214 valence electrons. The van der Waals surface area contributed by atoms with Crippen LogP contribution in [0.3, 0.4) is 0 Å². The Morgan fingerprint density at radius 1 is 0.950 bits per heavy atom. The molecule has 3 N–H and O–H groups in total. The van der Waals surface area contributed by atoms with Crippen LogP contribution in [0.2, 0.25) is 0 Å². The molecule has 2 aromatic carbocycles. The van der Waals surface area contributed by atoms with Gasteiger partial charge in [-0.05, 0) is 54.7 Å². The number of amides is 3. The quantitative estimate of drug-likeness (QED) is 0.253. The third-order valence-electron chi connectivity index (χ3n) is 5.79. The Kier molecular flexibility index (Phi) is 11.2. The lowest BCUT2D eigenvalue weighted by Gasteiger charge is -2.09. The summed E-state index contributed by atoms with van der Waals surface area (Å²) in [6, 6.07) is 14.2. The van der Waals surface area contributed by atoms with Gasteiger partial charge in [-0.1, -0.05) is 37.6 Å². The van der Waals surface area contributed by atoms with Gasteiger partial charge in [0.2, 0.25) is 11.8 Å². The van der Waals surface area contributed by atoms with E-state index in [0.717, 1.165) is 34.5 Å². The average molecular weight is 587 g/mol. The van der Waals surface area contributed by atoms with Crippen LogP contribution < -0.4 is 16.0 Å². The molecule has 1 heterocycles. The van der Waals surface area contributed by atoms with E-state index in [1.165, 1.54) is 24.5 Å². The molecule has 10 nitrogen and oxygen atoms in total. The van der Waals surface area contributed by atoms with E-state index in [-0.39, 0.29) is 23.3 Å². The van der Waals surface area contributed by atoms with Gasteiger partial charge in [-0.2, -0.15) is 0 Å². The molecule has 40 heavy (non-hydrogen) atoms. The molecule has 1 aromatic heterocycles. The number of ether oxygens (including phenoxy) is 1. The normalized spacial score (nSPS) is 11.1. The lowest BCUT2D eigenvalue weighted by molar-refractivity contribution is -0.115. The highest BCUT2D eigenvalue weighted by atomic mass is 32.2. The molecule has 0 atom stereocenters. The molecule has 12 heteroatoms. The van der Waals surface area contributed by atoms with Crippen LogP contribution in [0.5, 0.6) is 0 Å². The maximum Gasteiger partial charge on any atom is 0.407 e. The standard InChI is InChI=1S/C28H34N4O6S2/c1-4-5-16-38-28(35)29-18-26(34)31-22-11-6-20(7-12-22)10-15-24-25(39-27(32-24)30-19(2)33)17-21-8-13-23(14-9-21)40(3,36)37/h6-9,11-14H,4-5,10,15-18H2,1-3H3,(H,29,35)(H,31,34)(H,30,32,33). The number of anilines is 2. The Labute approximate surface area is 238 Å². The van der Waals surface area contributed by atoms with Crippen molar-refractivity contribution in [2.24, 2.45) is 0 Å². The number of aryl methyl sites for hydroxylation is 2. The Morgan fingerprint density at radius 2 is 1.62 bits per heavy atom. The van der Waals surface area contributed by atoms with E-state index in [0.29, 0.717) is 36.7 Å². The number of alkyl carbamates (subject to hydrolysis) is 1. The summed E-state index contributed by atoms with van der Waals surface area (Å²) in [5, 5.41) is 8.43. The third kappa shape index (κ3) is 10.1. The maximum absolute atomic E-state index is 12.1. The number of benzene rings is 2. The highest BCUT2D eigenvalue weighted by Crippen LogP contribution is 2.27. The van der Waals surface area contributed by atoms with Crippen LogP contribution in [0.15, 0.2) is 53.4 Å². The van der Waals surface area contributed by atoms with Crippen LogP contribution >= 0.6 is 11.3 Å². The molecule has 0 fully saturated rings. The fraction of sp³-hybridized carbons (Fsp3) is 0.357. The minimum absolute atomic E-state index is 0.188. The Hall–Kier alpha value is -3.77. The van der Waals surface area contributed by atoms with Gasteiger partial charge >= 0.3 is 6.09 Å². The van der Waals surface area contributed by atoms with E-state index in [1.807, 2.05) is 19.1 Å². The molecule has 0 aliphatic heterocycles. The van der Waals surface area contributed by atoms with Gasteiger partial charge in [-0.25, -0.2) is 18.2 Å². The van der Waals surface area contributed by atoms with Gasteiger partial charge < -0.3 is 20.7 Å². The van der Waals surface area contributed by atoms with Crippen LogP contribution in [0.1, 0.15) is 48.4 Å². The zero-order chi connectivity index (χ0) is 29.1. The number of hydrogen-bond donors (Lipinski definition) is 3. The lowest BCUT2D eigenvalue weighted by Crippen LogP contribution is -2.33. The fourth-order valence-electron chi connectivity index (χ4n) is 3.70. The molecule has 0 unspecified atom stereocenters. The summed E-state index contributed by atoms with van der Waals surface area (Å²) in [4.78, 5) is 41.2. The van der Waals surface area contributed by atoms with Gasteiger partial charge in [0.15, 0.2) is 15.0 Å². The molecule has 0 aliphatic rings. The number of aromatic nitrogens is 1. The van der Waals surface area contributed by atoms with Crippen molar-refractivity contribution in [3.8, 4) is 0 Å². The van der Waals surface area contributed by atoms with Crippen LogP contribution in [0, 0.1) is 0 Å². The topological polar surface area (TPSA) is 144 Å². The molecule has 0 spiro atoms. The summed E-state index contributed by atoms with van der Waals surface area (Å²) in [6.45, 7) is 3.56. The molecule has 0 saturated carbocycles. The molecule has 0 radical (unpaired) electrons. The van der Waals surface area contributed by atoms with Crippen molar-refractivity contribution in [1.29, 1.82) is 0 Å². The van der Waals surface area contributed by atoms with E-state index in [9.17, 15) is 22.8 Å². The summed E-state index contributed by atoms with van der Waals surface area (Å²) in [5.41, 5.74) is 3.44. The lowest BCUT2D eigenvalue weighted by atomic mass is 10.0. The minimum atomic E-state index is -3.27. The first-order valence-corrected chi connectivity index (χ1v) is 15.6. The van der Waals surface area contributed by atoms with Crippen LogP contribution in [-0.4, -0.2) is 50.7 Å². The highest BCUT2D eigenvalue weighted by molar-refractivity contribution is 7.90. The maximum atomic E-state index is 12.1. The third-order valence-corrected chi connectivity index (χ3v) is 7.93. The number of carbonyl (C=O) groups excluding carboxylic acids is 3. The van der Waals surface area contributed by atoms with Crippen molar-refractivity contribution in [2.75, 3.05) is 30.0 Å². The SMILES string of the molecule is CCCCOC(=O)NCC(=O)Nc1ccc(CCc2nc(NC(C)=O)sc2Cc2ccc(S(C)(=O)=O)cc2)cc1. The number of carbonyl (C=O) groups is 3. The molecule has 0 aliphatic carbocycles. The Morgan fingerprint density at radius 3 is 2.25 bits per heavy atom. The number of nitrogens with one attached hydrogen (secondary N) is 3. The highest BCUT2D eigenvalue weighted by Gasteiger charge is 2.14. The van der Waals surface area contributed by atoms with Crippen molar-refractivity contribution in [2.45, 2.75) is 50.8 Å². The van der Waals surface area contributed by atoms with Crippen molar-refractivity contribution >= 4 is 49.9 Å². The van der Waals surface area contributed by atoms with E-state index in [4.69, 9.17) is 4.74 Å². The first kappa shape index (κ1) is 30.8. The van der Waals surface area contributed by atoms with Gasteiger partial charge in [-0.15, -0.1) is 11.3 Å². The number of hydrogen-bond acceptors (Lipinski definition) is 8. The van der Waals surface area contributed by atoms with Crippen molar-refractivity contribution < 1.29 is 27.5 Å². The molecule has 0 bridgehead atoms. The minimum Gasteiger partial charge on any atom is -0.450 e. The van der Waals surface area contributed by atoms with Gasteiger partial charge in [0, 0.05) is 30.2 Å². The molecular weight excluding hydrogens is 552 g/mol. The second-order valence-electron chi connectivity index (χ2n) is 9.25. The zero-order valence-electron chi connectivity index (χ0n) is 22.8. The van der Waals surface area contributed by atoms with Gasteiger partial charge in [0.05, 0.1) is 17.2 Å². The molecule has 3 rings (SSSR count). The summed E-state index contributed by atoms with van der Waals surface area (Å²) in [5.74, 6) is -0.562. The summed E-state index contributed by atoms with van der Waals surface area (Å²) < 4.78 is 28.5. The van der Waals surface area contributed by atoms with Crippen molar-refractivity contribution in [1.82, 2.24) is 10.3 Å². The number of unbranched alkanes of at least 4 members (excludes halogenated alkanes) is 1. The zero-order valence-corrected chi connectivity index (χ0v) is 24.4. The number of thiazole rings is 1. The first-order valence-electron chi connectivity index (χ1n) is 12.9. The van der Waals surface area contributed by atoms with E-state index < -0.39 is 15.9 Å². The summed E-state index contributed by atoms with van der Waals surface area (Å²) in [7, 11) is -3.27. The van der Waals surface area contributed by atoms with Crippen LogP contribution in [0.4, 0.5) is 15.6 Å². The monoisotopic (exact) mass is 586 g/mol. The molecule has 0 saturated heterocycles. The molecule has 3 amide bonds. The van der Waals surface area contributed by atoms with Gasteiger partial charge in [-0.3, -0.25) is 9.59 Å². The van der Waals surface area contributed by atoms with Crippen molar-refractivity contribution in [3.63, 3.8) is 0 Å². The van der Waals surface area contributed by atoms with Gasteiger partial charge in [0.1, 0.15) is 6.54 Å². The number of rotatable bonds is 13. The van der Waals surface area contributed by atoms with Crippen LogP contribution in [0.25, 0.3) is 0 Å². The molecule has 3 aromatic rings. The first-order chi connectivity index (χ1) is 19.0. The smallest absolute Gasteiger partial charge is 0.407 e. The van der Waals surface area contributed by atoms with E-state index in [2.05, 4.69) is 20.9 Å². The fourth-order valence-corrected chi connectivity index (χ4v) is 5.41. The molecular formula is C28H34N4O6S2. The average Bonchev–Trinajstić information content (AvgIpc) is 3.27. The number of nitrogens with zero attached hydrogens (tertiary/aromatic N) is 1.